The standard InChI is InChI=1S/C39H72NO12P/c1-3-5-7-9-11-12-13-14-15-16-17-18-19-21-23-25-27-32(42)31(40-33(43)28-30(41)26-24-22-20-10-8-6-4-2)29-51-53(49,50)52-39-37(47)35(45)34(44)36(46)38(39)48/h18-19,22,24-25,27,30-32,34-39,41-42,44-48H,3-17,20-21,23,26,28-29H2,1-2H3,(H,40,43)(H,49,50)/b19-18+,24-22-,27-25+. The first-order valence-corrected chi connectivity index (χ1v) is 21.5. The molecule has 0 aromatic rings. The van der Waals surface area contributed by atoms with Gasteiger partial charge in [-0.3, -0.25) is 13.8 Å². The number of carbonyl (C=O) groups excluding carboxylic acids is 1. The summed E-state index contributed by atoms with van der Waals surface area (Å²) in [6.45, 7) is 3.61. The molecule has 1 rings (SSSR count). The Morgan fingerprint density at radius 3 is 1.68 bits per heavy atom. The van der Waals surface area contributed by atoms with Crippen molar-refractivity contribution in [1.29, 1.82) is 0 Å². The van der Waals surface area contributed by atoms with Crippen LogP contribution in [0.15, 0.2) is 36.5 Å². The van der Waals surface area contributed by atoms with Crippen LogP contribution < -0.4 is 5.32 Å². The van der Waals surface area contributed by atoms with Crippen molar-refractivity contribution in [3.05, 3.63) is 36.5 Å². The van der Waals surface area contributed by atoms with Crippen molar-refractivity contribution in [1.82, 2.24) is 5.32 Å². The predicted molar refractivity (Wildman–Crippen MR) is 206 cm³/mol. The van der Waals surface area contributed by atoms with Crippen LogP contribution in [0.5, 0.6) is 0 Å². The fourth-order valence-electron chi connectivity index (χ4n) is 6.08. The fraction of sp³-hybridized carbons (Fsp3) is 0.821. The molecule has 8 unspecified atom stereocenters. The van der Waals surface area contributed by atoms with E-state index in [0.29, 0.717) is 6.42 Å². The second-order valence-corrected chi connectivity index (χ2v) is 15.7. The predicted octanol–water partition coefficient (Wildman–Crippen LogP) is 5.02. The second kappa shape index (κ2) is 29.8. The maximum Gasteiger partial charge on any atom is 0.472 e. The molecule has 53 heavy (non-hydrogen) atoms. The number of aliphatic hydroxyl groups excluding tert-OH is 7. The third-order valence-electron chi connectivity index (χ3n) is 9.45. The summed E-state index contributed by atoms with van der Waals surface area (Å²) in [6.07, 6.45) is 17.2. The highest BCUT2D eigenvalue weighted by atomic mass is 31.2. The van der Waals surface area contributed by atoms with Gasteiger partial charge in [0.05, 0.1) is 31.3 Å². The van der Waals surface area contributed by atoms with E-state index in [-0.39, 0.29) is 12.8 Å². The Kier molecular flexibility index (Phi) is 27.8. The Bertz CT molecular complexity index is 1060. The molecule has 0 radical (unpaired) electrons. The second-order valence-electron chi connectivity index (χ2n) is 14.3. The van der Waals surface area contributed by atoms with Crippen molar-refractivity contribution in [2.24, 2.45) is 0 Å². The molecular weight excluding hydrogens is 705 g/mol. The fourth-order valence-corrected chi connectivity index (χ4v) is 7.04. The summed E-state index contributed by atoms with van der Waals surface area (Å²) >= 11 is 0. The number of rotatable bonds is 31. The van der Waals surface area contributed by atoms with Gasteiger partial charge >= 0.3 is 7.82 Å². The first kappa shape index (κ1) is 49.5. The largest absolute Gasteiger partial charge is 0.472 e. The molecule has 14 heteroatoms. The number of phosphoric acid groups is 1. The number of allylic oxidation sites excluding steroid dienone is 4. The molecule has 13 nitrogen and oxygen atoms in total. The number of unbranched alkanes of at least 4 members (excludes halogenated alkanes) is 15. The number of carbonyl (C=O) groups is 1. The maximum absolute atomic E-state index is 12.8. The SMILES string of the molecule is CCCCCC/C=C\CC(O)CC(=O)NC(COP(=O)(O)OC1C(O)C(O)C(O)C(O)C1O)C(O)/C=C/CC/C=C/CCCCCCCCCCCC. The van der Waals surface area contributed by atoms with Crippen LogP contribution in [0.25, 0.3) is 0 Å². The lowest BCUT2D eigenvalue weighted by atomic mass is 9.85. The van der Waals surface area contributed by atoms with Crippen LogP contribution in [0.1, 0.15) is 142 Å². The molecule has 9 N–H and O–H groups in total. The molecule has 0 aromatic carbocycles. The van der Waals surface area contributed by atoms with Gasteiger partial charge in [0, 0.05) is 0 Å². The first-order chi connectivity index (χ1) is 25.3. The summed E-state index contributed by atoms with van der Waals surface area (Å²) in [6, 6.07) is -1.27. The van der Waals surface area contributed by atoms with Crippen molar-refractivity contribution >= 4 is 13.7 Å². The van der Waals surface area contributed by atoms with Gasteiger partial charge in [-0.1, -0.05) is 127 Å². The highest BCUT2D eigenvalue weighted by Crippen LogP contribution is 2.47. The van der Waals surface area contributed by atoms with E-state index < -0.39 is 75.2 Å². The molecule has 1 fully saturated rings. The quantitative estimate of drug-likeness (QED) is 0.0257. The van der Waals surface area contributed by atoms with Crippen LogP contribution in [0.3, 0.4) is 0 Å². The number of hydrogen-bond acceptors (Lipinski definition) is 11. The number of amides is 1. The van der Waals surface area contributed by atoms with Crippen LogP contribution in [0.2, 0.25) is 0 Å². The summed E-state index contributed by atoms with van der Waals surface area (Å²) < 4.78 is 22.7. The molecule has 0 bridgehead atoms. The highest BCUT2D eigenvalue weighted by molar-refractivity contribution is 7.47. The number of phosphoric ester groups is 1. The van der Waals surface area contributed by atoms with Gasteiger partial charge in [0.2, 0.25) is 5.91 Å². The molecule has 0 heterocycles. The summed E-state index contributed by atoms with van der Waals surface area (Å²) in [5, 5.41) is 73.8. The minimum atomic E-state index is -5.14. The third-order valence-corrected chi connectivity index (χ3v) is 10.4. The zero-order valence-corrected chi connectivity index (χ0v) is 33.1. The zero-order chi connectivity index (χ0) is 39.5. The van der Waals surface area contributed by atoms with Crippen LogP contribution in [-0.4, -0.2) is 108 Å². The van der Waals surface area contributed by atoms with E-state index in [1.54, 1.807) is 6.08 Å². The van der Waals surface area contributed by atoms with E-state index >= 15 is 0 Å². The van der Waals surface area contributed by atoms with E-state index in [2.05, 4.69) is 31.3 Å². The van der Waals surface area contributed by atoms with Crippen LogP contribution in [0.4, 0.5) is 0 Å². The van der Waals surface area contributed by atoms with Crippen molar-refractivity contribution in [2.45, 2.75) is 197 Å². The first-order valence-electron chi connectivity index (χ1n) is 20.0. The van der Waals surface area contributed by atoms with Gasteiger partial charge < -0.3 is 46.0 Å². The lowest BCUT2D eigenvalue weighted by Crippen LogP contribution is -2.64. The molecule has 0 aromatic heterocycles. The van der Waals surface area contributed by atoms with Crippen LogP contribution in [0, 0.1) is 0 Å². The molecule has 1 aliphatic rings. The van der Waals surface area contributed by atoms with Crippen molar-refractivity contribution < 1.29 is 59.0 Å². The van der Waals surface area contributed by atoms with E-state index in [0.717, 1.165) is 51.4 Å². The topological polar surface area (TPSA) is 226 Å². The molecule has 1 saturated carbocycles. The van der Waals surface area contributed by atoms with E-state index in [4.69, 9.17) is 9.05 Å². The number of nitrogens with one attached hydrogen (secondary N) is 1. The van der Waals surface area contributed by atoms with Gasteiger partial charge in [-0.05, 0) is 44.9 Å². The monoisotopic (exact) mass is 777 g/mol. The van der Waals surface area contributed by atoms with Crippen molar-refractivity contribution in [2.75, 3.05) is 6.61 Å². The van der Waals surface area contributed by atoms with Crippen LogP contribution >= 0.6 is 7.82 Å². The molecule has 0 saturated heterocycles. The lowest BCUT2D eigenvalue weighted by Gasteiger charge is -2.41. The van der Waals surface area contributed by atoms with Gasteiger partial charge in [-0.2, -0.15) is 0 Å². The van der Waals surface area contributed by atoms with Gasteiger partial charge in [0.15, 0.2) is 0 Å². The minimum Gasteiger partial charge on any atom is -0.392 e. The Morgan fingerprint density at radius 1 is 0.660 bits per heavy atom. The summed E-state index contributed by atoms with van der Waals surface area (Å²) in [5.41, 5.74) is 0. The average Bonchev–Trinajstić information content (AvgIpc) is 3.12. The normalized spacial score (nSPS) is 25.2. The number of hydrogen-bond donors (Lipinski definition) is 9. The molecule has 1 aliphatic carbocycles. The minimum absolute atomic E-state index is 0.246. The molecule has 0 spiro atoms. The average molecular weight is 778 g/mol. The van der Waals surface area contributed by atoms with Gasteiger partial charge in [0.25, 0.3) is 0 Å². The molecular formula is C39H72NO12P. The smallest absolute Gasteiger partial charge is 0.392 e. The maximum atomic E-state index is 12.8. The van der Waals surface area contributed by atoms with Gasteiger partial charge in [0.1, 0.15) is 36.6 Å². The van der Waals surface area contributed by atoms with Gasteiger partial charge in [-0.25, -0.2) is 4.57 Å². The van der Waals surface area contributed by atoms with E-state index in [9.17, 15) is 50.0 Å². The lowest BCUT2D eigenvalue weighted by molar-refractivity contribution is -0.220. The zero-order valence-electron chi connectivity index (χ0n) is 32.2. The highest BCUT2D eigenvalue weighted by Gasteiger charge is 2.51. The van der Waals surface area contributed by atoms with Crippen LogP contribution in [-0.2, 0) is 18.4 Å². The van der Waals surface area contributed by atoms with Gasteiger partial charge in [-0.15, -0.1) is 0 Å². The molecule has 0 aliphatic heterocycles. The third kappa shape index (κ3) is 22.6. The number of aliphatic hydroxyl groups is 7. The Morgan fingerprint density at radius 2 is 1.11 bits per heavy atom. The summed E-state index contributed by atoms with van der Waals surface area (Å²) in [5.74, 6) is -0.642. The Hall–Kier alpha value is -1.48. The molecule has 1 amide bonds. The van der Waals surface area contributed by atoms with Crippen molar-refractivity contribution in [3.8, 4) is 0 Å². The summed E-state index contributed by atoms with van der Waals surface area (Å²) in [7, 11) is -5.14. The Balaban J connectivity index is 2.68. The molecule has 310 valence electrons. The van der Waals surface area contributed by atoms with E-state index in [1.807, 2.05) is 12.2 Å². The summed E-state index contributed by atoms with van der Waals surface area (Å²) in [4.78, 5) is 23.2. The molecule has 8 atom stereocenters. The Labute approximate surface area is 317 Å². The van der Waals surface area contributed by atoms with Crippen molar-refractivity contribution in [3.63, 3.8) is 0 Å². The van der Waals surface area contributed by atoms with E-state index in [1.165, 1.54) is 63.9 Å².